The van der Waals surface area contributed by atoms with Gasteiger partial charge in [0.2, 0.25) is 11.8 Å². The molecule has 0 aromatic heterocycles. The number of likely N-dealkylation sites (tertiary alicyclic amines) is 2. The van der Waals surface area contributed by atoms with E-state index < -0.39 is 11.7 Å². The van der Waals surface area contributed by atoms with Gasteiger partial charge in [-0.2, -0.15) is 13.2 Å². The summed E-state index contributed by atoms with van der Waals surface area (Å²) in [5.41, 5.74) is -0.712. The van der Waals surface area contributed by atoms with Gasteiger partial charge in [-0.25, -0.2) is 4.79 Å². The highest BCUT2D eigenvalue weighted by molar-refractivity contribution is 6.31. The molecule has 1 aromatic carbocycles. The zero-order valence-electron chi connectivity index (χ0n) is 19.3. The van der Waals surface area contributed by atoms with Crippen LogP contribution >= 0.6 is 11.6 Å². The van der Waals surface area contributed by atoms with Gasteiger partial charge in [-0.3, -0.25) is 9.59 Å². The quantitative estimate of drug-likeness (QED) is 0.669. The molecule has 12 heteroatoms. The van der Waals surface area contributed by atoms with Gasteiger partial charge >= 0.3 is 12.2 Å². The molecule has 192 valence electrons. The molecule has 0 radical (unpaired) electrons. The van der Waals surface area contributed by atoms with Crippen LogP contribution in [0, 0.1) is 0 Å². The molecule has 35 heavy (non-hydrogen) atoms. The lowest BCUT2D eigenvalue weighted by atomic mass is 10.00. The molecule has 1 N–H and O–H groups in total. The Balaban J connectivity index is 1.29. The number of rotatable bonds is 3. The van der Waals surface area contributed by atoms with Crippen LogP contribution in [0.5, 0.6) is 0 Å². The molecule has 0 bridgehead atoms. The summed E-state index contributed by atoms with van der Waals surface area (Å²) >= 11 is 6.04. The number of alkyl halides is 3. The molecule has 4 rings (SSSR count). The zero-order valence-corrected chi connectivity index (χ0v) is 20.1. The van der Waals surface area contributed by atoms with E-state index in [1.165, 1.54) is 0 Å². The lowest BCUT2D eigenvalue weighted by molar-refractivity contribution is -0.140. The lowest BCUT2D eigenvalue weighted by Crippen LogP contribution is -2.62. The summed E-state index contributed by atoms with van der Waals surface area (Å²) in [7, 11) is 1.63. The minimum Gasteiger partial charge on any atom is -0.366 e. The molecule has 0 spiro atoms. The molecule has 4 amide bonds. The van der Waals surface area contributed by atoms with Crippen LogP contribution in [0.3, 0.4) is 0 Å². The molecule has 3 fully saturated rings. The van der Waals surface area contributed by atoms with Gasteiger partial charge < -0.3 is 24.8 Å². The summed E-state index contributed by atoms with van der Waals surface area (Å²) in [6, 6.07) is 2.52. The van der Waals surface area contributed by atoms with Crippen LogP contribution in [0.25, 0.3) is 0 Å². The third-order valence-electron chi connectivity index (χ3n) is 6.99. The standard InChI is InChI=1S/C23H28ClF3N4O4/c1-29(21(33)11-14-10-15(23(25,26)27)2-3-17(14)24)16-4-7-30(8-5-16)22(34)31-9-6-19-18(12-31)28-20(32)13-35-19/h2-3,10,16,18-19H,4-9,11-13H2,1H3,(H,28,32)/t18-,19+/m1/s1. The van der Waals surface area contributed by atoms with E-state index in [1.54, 1.807) is 21.7 Å². The SMILES string of the molecule is CN(C(=O)Cc1cc(C(F)(F)F)ccc1Cl)C1CCN(C(=O)N2CC[C@@H]3OCC(=O)N[C@@H]3C2)CC1. The lowest BCUT2D eigenvalue weighted by Gasteiger charge is -2.44. The number of piperidine rings is 2. The highest BCUT2D eigenvalue weighted by Gasteiger charge is 2.38. The van der Waals surface area contributed by atoms with E-state index in [4.69, 9.17) is 16.3 Å². The first-order valence-corrected chi connectivity index (χ1v) is 12.0. The van der Waals surface area contributed by atoms with Gasteiger partial charge in [-0.1, -0.05) is 11.6 Å². The fraction of sp³-hybridized carbons (Fsp3) is 0.609. The highest BCUT2D eigenvalue weighted by Crippen LogP contribution is 2.32. The minimum absolute atomic E-state index is 0.0504. The summed E-state index contributed by atoms with van der Waals surface area (Å²) in [5.74, 6) is -0.508. The number of likely N-dealkylation sites (N-methyl/N-ethyl adjacent to an activating group) is 1. The number of hydrogen-bond acceptors (Lipinski definition) is 4. The van der Waals surface area contributed by atoms with Crippen LogP contribution < -0.4 is 5.32 Å². The first kappa shape index (κ1) is 25.6. The maximum atomic E-state index is 13.0. The number of morpholine rings is 1. The van der Waals surface area contributed by atoms with Crippen molar-refractivity contribution in [3.8, 4) is 0 Å². The maximum absolute atomic E-state index is 13.0. The largest absolute Gasteiger partial charge is 0.416 e. The van der Waals surface area contributed by atoms with Crippen molar-refractivity contribution in [2.24, 2.45) is 0 Å². The van der Waals surface area contributed by atoms with Gasteiger partial charge in [0.1, 0.15) is 6.61 Å². The number of carbonyl (C=O) groups excluding carboxylic acids is 3. The zero-order chi connectivity index (χ0) is 25.3. The molecule has 8 nitrogen and oxygen atoms in total. The molecule has 0 aliphatic carbocycles. The average Bonchev–Trinajstić information content (AvgIpc) is 2.83. The minimum atomic E-state index is -4.52. The van der Waals surface area contributed by atoms with Crippen molar-refractivity contribution >= 4 is 29.4 Å². The normalized spacial score (nSPS) is 23.5. The Morgan fingerprint density at radius 1 is 1.17 bits per heavy atom. The number of carbonyl (C=O) groups is 3. The molecular formula is C23H28ClF3N4O4. The third-order valence-corrected chi connectivity index (χ3v) is 7.35. The maximum Gasteiger partial charge on any atom is 0.416 e. The number of benzene rings is 1. The second-order valence-electron chi connectivity index (χ2n) is 9.24. The van der Waals surface area contributed by atoms with Gasteiger partial charge in [0.05, 0.1) is 24.1 Å². The molecular weight excluding hydrogens is 489 g/mol. The van der Waals surface area contributed by atoms with Crippen LogP contribution in [-0.4, -0.2) is 90.6 Å². The molecule has 2 atom stereocenters. The molecule has 0 unspecified atom stereocenters. The number of amides is 4. The van der Waals surface area contributed by atoms with Gasteiger partial charge in [0.15, 0.2) is 0 Å². The molecule has 3 aliphatic rings. The van der Waals surface area contributed by atoms with Crippen molar-refractivity contribution in [3.63, 3.8) is 0 Å². The topological polar surface area (TPSA) is 82.2 Å². The number of fused-ring (bicyclic) bond motifs is 1. The number of nitrogens with zero attached hydrogens (tertiary/aromatic N) is 3. The monoisotopic (exact) mass is 516 g/mol. The Morgan fingerprint density at radius 3 is 2.54 bits per heavy atom. The van der Waals surface area contributed by atoms with Crippen LogP contribution in [0.1, 0.15) is 30.4 Å². The highest BCUT2D eigenvalue weighted by atomic mass is 35.5. The van der Waals surface area contributed by atoms with E-state index in [0.717, 1.165) is 18.2 Å². The Labute approximate surface area is 206 Å². The van der Waals surface area contributed by atoms with Crippen LogP contribution in [0.4, 0.5) is 18.0 Å². The average molecular weight is 517 g/mol. The fourth-order valence-corrected chi connectivity index (χ4v) is 5.08. The number of hydrogen-bond donors (Lipinski definition) is 1. The number of nitrogens with one attached hydrogen (secondary N) is 1. The molecule has 3 saturated heterocycles. The van der Waals surface area contributed by atoms with Gasteiger partial charge in [-0.15, -0.1) is 0 Å². The Bertz CT molecular complexity index is 984. The van der Waals surface area contributed by atoms with E-state index in [1.807, 2.05) is 0 Å². The van der Waals surface area contributed by atoms with Crippen molar-refractivity contribution in [3.05, 3.63) is 34.3 Å². The molecule has 1 aromatic rings. The van der Waals surface area contributed by atoms with Crippen molar-refractivity contribution in [1.29, 1.82) is 0 Å². The second-order valence-corrected chi connectivity index (χ2v) is 9.65. The summed E-state index contributed by atoms with van der Waals surface area (Å²) in [4.78, 5) is 42.4. The van der Waals surface area contributed by atoms with Crippen LogP contribution in [0.15, 0.2) is 18.2 Å². The Morgan fingerprint density at radius 2 is 1.86 bits per heavy atom. The summed E-state index contributed by atoms with van der Waals surface area (Å²) in [5, 5.41) is 3.00. The van der Waals surface area contributed by atoms with Gasteiger partial charge in [0.25, 0.3) is 0 Å². The van der Waals surface area contributed by atoms with E-state index >= 15 is 0 Å². The first-order chi connectivity index (χ1) is 16.5. The number of urea groups is 1. The van der Waals surface area contributed by atoms with E-state index in [2.05, 4.69) is 5.32 Å². The smallest absolute Gasteiger partial charge is 0.366 e. The second kappa shape index (κ2) is 10.2. The summed E-state index contributed by atoms with van der Waals surface area (Å²) in [6.45, 7) is 1.91. The van der Waals surface area contributed by atoms with E-state index in [-0.39, 0.29) is 59.6 Å². The predicted molar refractivity (Wildman–Crippen MR) is 121 cm³/mol. The molecule has 0 saturated carbocycles. The Kier molecular flexibility index (Phi) is 7.46. The predicted octanol–water partition coefficient (Wildman–Crippen LogP) is 2.53. The summed E-state index contributed by atoms with van der Waals surface area (Å²) < 4.78 is 44.6. The fourth-order valence-electron chi connectivity index (χ4n) is 4.90. The number of ether oxygens (including phenoxy) is 1. The van der Waals surface area contributed by atoms with Crippen LogP contribution in [-0.2, 0) is 26.9 Å². The van der Waals surface area contributed by atoms with Crippen molar-refractivity contribution in [2.45, 2.75) is 50.0 Å². The third kappa shape index (κ3) is 5.83. The van der Waals surface area contributed by atoms with E-state index in [9.17, 15) is 27.6 Å². The van der Waals surface area contributed by atoms with E-state index in [0.29, 0.717) is 45.4 Å². The summed E-state index contributed by atoms with van der Waals surface area (Å²) in [6.07, 6.45) is -3.05. The number of halogens is 4. The van der Waals surface area contributed by atoms with Crippen molar-refractivity contribution < 1.29 is 32.3 Å². The molecule has 3 heterocycles. The van der Waals surface area contributed by atoms with Gasteiger partial charge in [-0.05, 0) is 43.0 Å². The van der Waals surface area contributed by atoms with Crippen molar-refractivity contribution in [2.75, 3.05) is 39.8 Å². The van der Waals surface area contributed by atoms with Crippen LogP contribution in [0.2, 0.25) is 5.02 Å². The van der Waals surface area contributed by atoms with Crippen molar-refractivity contribution in [1.82, 2.24) is 20.0 Å². The first-order valence-electron chi connectivity index (χ1n) is 11.6. The Hall–Kier alpha value is -2.53. The molecule has 3 aliphatic heterocycles. The van der Waals surface area contributed by atoms with Gasteiger partial charge in [0, 0.05) is 44.3 Å².